The van der Waals surface area contributed by atoms with Crippen molar-refractivity contribution in [3.63, 3.8) is 0 Å². The van der Waals surface area contributed by atoms with Crippen molar-refractivity contribution in [2.24, 2.45) is 5.10 Å². The van der Waals surface area contributed by atoms with Crippen LogP contribution < -0.4 is 0 Å². The van der Waals surface area contributed by atoms with Gasteiger partial charge in [0.25, 0.3) is 0 Å². The van der Waals surface area contributed by atoms with Gasteiger partial charge in [-0.05, 0) is 6.92 Å². The molecule has 1 aromatic heterocycles. The molecule has 12 heavy (non-hydrogen) atoms. The van der Waals surface area contributed by atoms with Crippen LogP contribution in [0.1, 0.15) is 18.9 Å². The lowest BCUT2D eigenvalue weighted by molar-refractivity contribution is 0.336. The van der Waals surface area contributed by atoms with Gasteiger partial charge in [0.2, 0.25) is 0 Å². The molecule has 0 amide bonds. The molecule has 0 saturated carbocycles. The van der Waals surface area contributed by atoms with E-state index in [4.69, 9.17) is 0 Å². The Hall–Kier alpha value is -1.32. The number of hydrazone groups is 1. The Bertz CT molecular complexity index is 275. The first-order chi connectivity index (χ1) is 5.90. The molecule has 0 bridgehead atoms. The summed E-state index contributed by atoms with van der Waals surface area (Å²) in [4.78, 5) is 0. The van der Waals surface area contributed by atoms with Crippen LogP contribution in [-0.4, -0.2) is 34.0 Å². The first-order valence-electron chi connectivity index (χ1n) is 4.21. The second kappa shape index (κ2) is 2.97. The minimum atomic E-state index is 0.987. The van der Waals surface area contributed by atoms with Gasteiger partial charge in [0.15, 0.2) is 0 Å². The van der Waals surface area contributed by atoms with Crippen molar-refractivity contribution in [3.05, 3.63) is 18.0 Å². The van der Waals surface area contributed by atoms with E-state index in [1.807, 2.05) is 12.4 Å². The number of rotatable bonds is 2. The van der Waals surface area contributed by atoms with E-state index in [1.54, 1.807) is 0 Å². The molecule has 0 spiro atoms. The molecule has 1 aliphatic rings. The molecule has 0 fully saturated rings. The normalized spacial score (nSPS) is 16.8. The van der Waals surface area contributed by atoms with Gasteiger partial charge in [-0.2, -0.15) is 10.2 Å². The van der Waals surface area contributed by atoms with Crippen LogP contribution in [0.2, 0.25) is 0 Å². The highest BCUT2D eigenvalue weighted by Crippen LogP contribution is 2.11. The summed E-state index contributed by atoms with van der Waals surface area (Å²) in [7, 11) is 0. The SMILES string of the molecule is CCN1CCC(c2cn[nH]c2)=N1. The Morgan fingerprint density at radius 1 is 1.67 bits per heavy atom. The molecular formula is C8H12N4. The maximum absolute atomic E-state index is 4.44. The van der Waals surface area contributed by atoms with Gasteiger partial charge in [-0.1, -0.05) is 0 Å². The third-order valence-electron chi connectivity index (χ3n) is 2.07. The number of aromatic nitrogens is 2. The summed E-state index contributed by atoms with van der Waals surface area (Å²) >= 11 is 0. The molecule has 2 heterocycles. The quantitative estimate of drug-likeness (QED) is 0.704. The number of aromatic amines is 1. The molecule has 4 nitrogen and oxygen atoms in total. The van der Waals surface area contributed by atoms with E-state index in [0.717, 1.165) is 30.8 Å². The molecule has 0 unspecified atom stereocenters. The Labute approximate surface area is 71.3 Å². The van der Waals surface area contributed by atoms with Crippen LogP contribution >= 0.6 is 0 Å². The highest BCUT2D eigenvalue weighted by Gasteiger charge is 2.14. The third-order valence-corrected chi connectivity index (χ3v) is 2.07. The van der Waals surface area contributed by atoms with E-state index in [-0.39, 0.29) is 0 Å². The molecule has 2 rings (SSSR count). The highest BCUT2D eigenvalue weighted by atomic mass is 15.5. The lowest BCUT2D eigenvalue weighted by Crippen LogP contribution is -2.11. The monoisotopic (exact) mass is 164 g/mol. The van der Waals surface area contributed by atoms with Crippen molar-refractivity contribution in [1.29, 1.82) is 0 Å². The smallest absolute Gasteiger partial charge is 0.0727 e. The van der Waals surface area contributed by atoms with Crippen LogP contribution in [0.15, 0.2) is 17.5 Å². The van der Waals surface area contributed by atoms with Crippen molar-refractivity contribution >= 4 is 5.71 Å². The first kappa shape index (κ1) is 7.34. The van der Waals surface area contributed by atoms with Gasteiger partial charge in [0, 0.05) is 31.3 Å². The standard InChI is InChI=1S/C8H12N4/c1-2-12-4-3-8(11-12)7-5-9-10-6-7/h5-6H,2-4H2,1H3,(H,9,10). The van der Waals surface area contributed by atoms with Gasteiger partial charge < -0.3 is 0 Å². The van der Waals surface area contributed by atoms with E-state index in [1.165, 1.54) is 0 Å². The fourth-order valence-corrected chi connectivity index (χ4v) is 1.35. The molecular weight excluding hydrogens is 152 g/mol. The minimum Gasteiger partial charge on any atom is -0.297 e. The van der Waals surface area contributed by atoms with E-state index in [0.29, 0.717) is 0 Å². The average Bonchev–Trinajstić information content (AvgIpc) is 2.75. The second-order valence-electron chi connectivity index (χ2n) is 2.83. The van der Waals surface area contributed by atoms with Crippen molar-refractivity contribution in [2.45, 2.75) is 13.3 Å². The Balaban J connectivity index is 2.16. The Kier molecular flexibility index (Phi) is 1.81. The van der Waals surface area contributed by atoms with E-state index in [2.05, 4.69) is 27.2 Å². The average molecular weight is 164 g/mol. The summed E-state index contributed by atoms with van der Waals surface area (Å²) in [6.45, 7) is 4.14. The fourth-order valence-electron chi connectivity index (χ4n) is 1.35. The topological polar surface area (TPSA) is 44.3 Å². The molecule has 0 atom stereocenters. The molecule has 1 aromatic rings. The molecule has 0 radical (unpaired) electrons. The predicted molar refractivity (Wildman–Crippen MR) is 47.0 cm³/mol. The van der Waals surface area contributed by atoms with Crippen LogP contribution in [0.3, 0.4) is 0 Å². The van der Waals surface area contributed by atoms with Crippen molar-refractivity contribution in [2.75, 3.05) is 13.1 Å². The summed E-state index contributed by atoms with van der Waals surface area (Å²) < 4.78 is 0. The summed E-state index contributed by atoms with van der Waals surface area (Å²) in [5.41, 5.74) is 2.26. The summed E-state index contributed by atoms with van der Waals surface area (Å²) in [5, 5.41) is 13.2. The van der Waals surface area contributed by atoms with E-state index >= 15 is 0 Å². The van der Waals surface area contributed by atoms with Crippen LogP contribution in [0.5, 0.6) is 0 Å². The summed E-state index contributed by atoms with van der Waals surface area (Å²) in [6, 6.07) is 0. The van der Waals surface area contributed by atoms with E-state index in [9.17, 15) is 0 Å². The number of hydrogen-bond acceptors (Lipinski definition) is 3. The second-order valence-corrected chi connectivity index (χ2v) is 2.83. The lowest BCUT2D eigenvalue weighted by Gasteiger charge is -2.07. The van der Waals surface area contributed by atoms with Crippen LogP contribution in [-0.2, 0) is 0 Å². The van der Waals surface area contributed by atoms with Crippen molar-refractivity contribution in [1.82, 2.24) is 15.2 Å². The first-order valence-corrected chi connectivity index (χ1v) is 4.21. The minimum absolute atomic E-state index is 0.987. The van der Waals surface area contributed by atoms with Gasteiger partial charge in [0.1, 0.15) is 0 Å². The van der Waals surface area contributed by atoms with Crippen molar-refractivity contribution < 1.29 is 0 Å². The van der Waals surface area contributed by atoms with Crippen LogP contribution in [0, 0.1) is 0 Å². The van der Waals surface area contributed by atoms with Crippen LogP contribution in [0.4, 0.5) is 0 Å². The zero-order valence-corrected chi connectivity index (χ0v) is 7.12. The molecule has 1 N–H and O–H groups in total. The largest absolute Gasteiger partial charge is 0.297 e. The van der Waals surface area contributed by atoms with E-state index < -0.39 is 0 Å². The molecule has 0 saturated heterocycles. The summed E-state index contributed by atoms with van der Waals surface area (Å²) in [6.07, 6.45) is 4.74. The highest BCUT2D eigenvalue weighted by molar-refractivity contribution is 6.00. The van der Waals surface area contributed by atoms with Gasteiger partial charge in [0.05, 0.1) is 11.9 Å². The molecule has 1 aliphatic heterocycles. The predicted octanol–water partition coefficient (Wildman–Crippen LogP) is 0.839. The maximum Gasteiger partial charge on any atom is 0.0727 e. The van der Waals surface area contributed by atoms with Gasteiger partial charge in [-0.25, -0.2) is 0 Å². The lowest BCUT2D eigenvalue weighted by atomic mass is 10.2. The number of hydrogen-bond donors (Lipinski definition) is 1. The third kappa shape index (κ3) is 1.20. The molecule has 0 aliphatic carbocycles. The summed E-state index contributed by atoms with van der Waals surface area (Å²) in [5.74, 6) is 0. The van der Waals surface area contributed by atoms with Crippen LogP contribution in [0.25, 0.3) is 0 Å². The zero-order chi connectivity index (χ0) is 8.39. The zero-order valence-electron chi connectivity index (χ0n) is 7.12. The fraction of sp³-hybridized carbons (Fsp3) is 0.500. The molecule has 0 aromatic carbocycles. The Morgan fingerprint density at radius 2 is 2.58 bits per heavy atom. The number of nitrogens with one attached hydrogen (secondary N) is 1. The van der Waals surface area contributed by atoms with Gasteiger partial charge >= 0.3 is 0 Å². The van der Waals surface area contributed by atoms with Crippen molar-refractivity contribution in [3.8, 4) is 0 Å². The maximum atomic E-state index is 4.44. The van der Waals surface area contributed by atoms with Gasteiger partial charge in [-0.3, -0.25) is 10.1 Å². The molecule has 4 heteroatoms. The number of nitrogens with zero attached hydrogens (tertiary/aromatic N) is 3. The Morgan fingerprint density at radius 3 is 3.17 bits per heavy atom. The van der Waals surface area contributed by atoms with Gasteiger partial charge in [-0.15, -0.1) is 0 Å². The molecule has 64 valence electrons. The number of H-pyrrole nitrogens is 1.